The maximum Gasteiger partial charge on any atom is 0.164 e. The highest BCUT2D eigenvalue weighted by Gasteiger charge is 2.24. The molecule has 104 valence electrons. The predicted octanol–water partition coefficient (Wildman–Crippen LogP) is 3.55. The van der Waals surface area contributed by atoms with Crippen LogP contribution in [-0.2, 0) is 0 Å². The highest BCUT2D eigenvalue weighted by Crippen LogP contribution is 2.23. The standard InChI is InChI=1S/C17H25NO/c1-13(2)16-8-10-18(12-16)11-9-17(19)15-6-4-14(3)5-7-15/h4-7,13,16H,8-12H2,1-3H3. The molecule has 1 aromatic carbocycles. The molecule has 1 saturated heterocycles. The fraction of sp³-hybridized carbons (Fsp3) is 0.588. The van der Waals surface area contributed by atoms with Crippen molar-refractivity contribution in [3.8, 4) is 0 Å². The summed E-state index contributed by atoms with van der Waals surface area (Å²) in [5.41, 5.74) is 2.06. The maximum absolute atomic E-state index is 12.1. The molecule has 1 unspecified atom stereocenters. The van der Waals surface area contributed by atoms with Gasteiger partial charge in [-0.15, -0.1) is 0 Å². The van der Waals surface area contributed by atoms with E-state index in [1.54, 1.807) is 0 Å². The quantitative estimate of drug-likeness (QED) is 0.754. The Bertz CT molecular complexity index is 421. The van der Waals surface area contributed by atoms with E-state index in [-0.39, 0.29) is 5.78 Å². The molecule has 1 fully saturated rings. The van der Waals surface area contributed by atoms with E-state index in [9.17, 15) is 4.79 Å². The van der Waals surface area contributed by atoms with E-state index in [0.717, 1.165) is 30.5 Å². The van der Waals surface area contributed by atoms with E-state index >= 15 is 0 Å². The zero-order valence-electron chi connectivity index (χ0n) is 12.4. The first-order valence-corrected chi connectivity index (χ1v) is 7.38. The second-order valence-electron chi connectivity index (χ2n) is 6.13. The molecule has 2 heteroatoms. The van der Waals surface area contributed by atoms with Crippen molar-refractivity contribution < 1.29 is 4.79 Å². The van der Waals surface area contributed by atoms with Crippen molar-refractivity contribution in [2.24, 2.45) is 11.8 Å². The van der Waals surface area contributed by atoms with Crippen LogP contribution in [0.3, 0.4) is 0 Å². The number of aryl methyl sites for hydroxylation is 1. The second-order valence-corrected chi connectivity index (χ2v) is 6.13. The summed E-state index contributed by atoms with van der Waals surface area (Å²) < 4.78 is 0. The van der Waals surface area contributed by atoms with Crippen LogP contribution in [0.25, 0.3) is 0 Å². The Kier molecular flexibility index (Phi) is 4.76. The zero-order valence-corrected chi connectivity index (χ0v) is 12.4. The summed E-state index contributed by atoms with van der Waals surface area (Å²) in [6, 6.07) is 7.91. The molecule has 0 aromatic heterocycles. The Hall–Kier alpha value is -1.15. The topological polar surface area (TPSA) is 20.3 Å². The van der Waals surface area contributed by atoms with Crippen molar-refractivity contribution >= 4 is 5.78 Å². The molecule has 19 heavy (non-hydrogen) atoms. The van der Waals surface area contributed by atoms with E-state index in [1.165, 1.54) is 18.5 Å². The van der Waals surface area contributed by atoms with Crippen LogP contribution in [0.1, 0.15) is 42.6 Å². The van der Waals surface area contributed by atoms with Crippen LogP contribution in [-0.4, -0.2) is 30.3 Å². The number of likely N-dealkylation sites (tertiary alicyclic amines) is 1. The van der Waals surface area contributed by atoms with Gasteiger partial charge < -0.3 is 4.90 Å². The molecule has 0 aliphatic carbocycles. The smallest absolute Gasteiger partial charge is 0.164 e. The van der Waals surface area contributed by atoms with Gasteiger partial charge in [-0.05, 0) is 31.7 Å². The third-order valence-electron chi connectivity index (χ3n) is 4.28. The Balaban J connectivity index is 1.80. The summed E-state index contributed by atoms with van der Waals surface area (Å²) in [6.45, 7) is 9.88. The number of Topliss-reactive ketones (excluding diaryl/α,β-unsaturated/α-hetero) is 1. The maximum atomic E-state index is 12.1. The predicted molar refractivity (Wildman–Crippen MR) is 79.5 cm³/mol. The summed E-state index contributed by atoms with van der Waals surface area (Å²) >= 11 is 0. The van der Waals surface area contributed by atoms with Crippen LogP contribution < -0.4 is 0 Å². The first kappa shape index (κ1) is 14.3. The highest BCUT2D eigenvalue weighted by molar-refractivity contribution is 5.96. The number of rotatable bonds is 5. The van der Waals surface area contributed by atoms with Gasteiger partial charge in [0.15, 0.2) is 5.78 Å². The summed E-state index contributed by atoms with van der Waals surface area (Å²) in [6.07, 6.45) is 1.93. The van der Waals surface area contributed by atoms with Crippen LogP contribution in [0.15, 0.2) is 24.3 Å². The number of benzene rings is 1. The van der Waals surface area contributed by atoms with Gasteiger partial charge in [0, 0.05) is 25.1 Å². The number of hydrogen-bond donors (Lipinski definition) is 0. The van der Waals surface area contributed by atoms with E-state index in [1.807, 2.05) is 31.2 Å². The summed E-state index contributed by atoms with van der Waals surface area (Å²) in [7, 11) is 0. The van der Waals surface area contributed by atoms with Crippen molar-refractivity contribution in [1.82, 2.24) is 4.90 Å². The molecule has 0 bridgehead atoms. The van der Waals surface area contributed by atoms with Crippen molar-refractivity contribution in [2.75, 3.05) is 19.6 Å². The molecule has 2 nitrogen and oxygen atoms in total. The van der Waals surface area contributed by atoms with E-state index in [2.05, 4.69) is 18.7 Å². The van der Waals surface area contributed by atoms with E-state index in [4.69, 9.17) is 0 Å². The number of carbonyl (C=O) groups excluding carboxylic acids is 1. The molecule has 0 N–H and O–H groups in total. The molecule has 1 heterocycles. The van der Waals surface area contributed by atoms with Gasteiger partial charge in [-0.25, -0.2) is 0 Å². The third kappa shape index (κ3) is 3.90. The van der Waals surface area contributed by atoms with Gasteiger partial charge in [0.2, 0.25) is 0 Å². The lowest BCUT2D eigenvalue weighted by Gasteiger charge is -2.17. The van der Waals surface area contributed by atoms with Crippen molar-refractivity contribution in [2.45, 2.75) is 33.6 Å². The van der Waals surface area contributed by atoms with Gasteiger partial charge in [0.05, 0.1) is 0 Å². The number of hydrogen-bond acceptors (Lipinski definition) is 2. The van der Waals surface area contributed by atoms with Crippen LogP contribution in [0.4, 0.5) is 0 Å². The molecule has 0 radical (unpaired) electrons. The molecule has 0 saturated carbocycles. The van der Waals surface area contributed by atoms with Gasteiger partial charge in [-0.3, -0.25) is 4.79 Å². The lowest BCUT2D eigenvalue weighted by molar-refractivity contribution is 0.0968. The molecule has 1 aliphatic heterocycles. The summed E-state index contributed by atoms with van der Waals surface area (Å²) in [4.78, 5) is 14.5. The number of nitrogens with zero attached hydrogens (tertiary/aromatic N) is 1. The van der Waals surface area contributed by atoms with Crippen LogP contribution >= 0.6 is 0 Å². The fourth-order valence-electron chi connectivity index (χ4n) is 2.75. The fourth-order valence-corrected chi connectivity index (χ4v) is 2.75. The monoisotopic (exact) mass is 259 g/mol. The Labute approximate surface area is 116 Å². The first-order chi connectivity index (χ1) is 9.06. The minimum atomic E-state index is 0.271. The van der Waals surface area contributed by atoms with E-state index in [0.29, 0.717) is 6.42 Å². The van der Waals surface area contributed by atoms with Crippen molar-refractivity contribution in [3.05, 3.63) is 35.4 Å². The van der Waals surface area contributed by atoms with Crippen LogP contribution in [0, 0.1) is 18.8 Å². The molecular weight excluding hydrogens is 234 g/mol. The molecular formula is C17H25NO. The first-order valence-electron chi connectivity index (χ1n) is 7.38. The summed E-state index contributed by atoms with van der Waals surface area (Å²) in [5, 5.41) is 0. The van der Waals surface area contributed by atoms with Crippen LogP contribution in [0.2, 0.25) is 0 Å². The van der Waals surface area contributed by atoms with Crippen LogP contribution in [0.5, 0.6) is 0 Å². The zero-order chi connectivity index (χ0) is 13.8. The molecule has 1 aliphatic rings. The minimum absolute atomic E-state index is 0.271. The van der Waals surface area contributed by atoms with Gasteiger partial charge in [-0.2, -0.15) is 0 Å². The van der Waals surface area contributed by atoms with Gasteiger partial charge >= 0.3 is 0 Å². The summed E-state index contributed by atoms with van der Waals surface area (Å²) in [5.74, 6) is 1.85. The molecule has 1 atom stereocenters. The van der Waals surface area contributed by atoms with Crippen molar-refractivity contribution in [1.29, 1.82) is 0 Å². The van der Waals surface area contributed by atoms with Gasteiger partial charge in [0.25, 0.3) is 0 Å². The normalized spacial score (nSPS) is 20.1. The average molecular weight is 259 g/mol. The average Bonchev–Trinajstić information content (AvgIpc) is 2.86. The van der Waals surface area contributed by atoms with Gasteiger partial charge in [-0.1, -0.05) is 43.7 Å². The van der Waals surface area contributed by atoms with Crippen molar-refractivity contribution in [3.63, 3.8) is 0 Å². The van der Waals surface area contributed by atoms with E-state index < -0.39 is 0 Å². The molecule has 1 aromatic rings. The third-order valence-corrected chi connectivity index (χ3v) is 4.28. The number of ketones is 1. The lowest BCUT2D eigenvalue weighted by atomic mass is 9.95. The molecule has 2 rings (SSSR count). The SMILES string of the molecule is Cc1ccc(C(=O)CCN2CCC(C(C)C)C2)cc1. The lowest BCUT2D eigenvalue weighted by Crippen LogP contribution is -2.24. The molecule has 0 spiro atoms. The second kappa shape index (κ2) is 6.33. The highest BCUT2D eigenvalue weighted by atomic mass is 16.1. The Morgan fingerprint density at radius 3 is 2.58 bits per heavy atom. The minimum Gasteiger partial charge on any atom is -0.303 e. The number of carbonyl (C=O) groups is 1. The Morgan fingerprint density at radius 2 is 2.00 bits per heavy atom. The largest absolute Gasteiger partial charge is 0.303 e. The van der Waals surface area contributed by atoms with Gasteiger partial charge in [0.1, 0.15) is 0 Å². The molecule has 0 amide bonds. The Morgan fingerprint density at radius 1 is 1.32 bits per heavy atom.